The average Bonchev–Trinajstić information content (AvgIpc) is 2.94. The third kappa shape index (κ3) is 5.68. The second-order valence-electron chi connectivity index (χ2n) is 5.51. The molecule has 3 N–H and O–H groups in total. The number of hydrogen-bond acceptors (Lipinski definition) is 4. The molecule has 2 rings (SSSR count). The number of hydrogen-bond donors (Lipinski definition) is 2. The monoisotopic (exact) mass is 444 g/mol. The van der Waals surface area contributed by atoms with E-state index in [2.05, 4.69) is 20.3 Å². The first-order chi connectivity index (χ1) is 11.0. The molecule has 1 unspecified atom stereocenters. The lowest BCUT2D eigenvalue weighted by Crippen LogP contribution is -2.27. The number of methoxy groups -OCH3 is 1. The van der Waals surface area contributed by atoms with E-state index in [1.165, 1.54) is 0 Å². The van der Waals surface area contributed by atoms with Crippen LogP contribution < -0.4 is 15.8 Å². The number of rotatable bonds is 6. The summed E-state index contributed by atoms with van der Waals surface area (Å²) in [7, 11) is 7.57. The van der Waals surface area contributed by atoms with E-state index < -0.39 is 0 Å². The highest BCUT2D eigenvalue weighted by molar-refractivity contribution is 14.0. The van der Waals surface area contributed by atoms with E-state index >= 15 is 0 Å². The molecule has 1 heterocycles. The Kier molecular flexibility index (Phi) is 7.99. The van der Waals surface area contributed by atoms with Crippen LogP contribution in [0.15, 0.2) is 41.7 Å². The molecule has 0 aliphatic rings. The molecule has 1 aromatic heterocycles. The fourth-order valence-electron chi connectivity index (χ4n) is 2.23. The van der Waals surface area contributed by atoms with Gasteiger partial charge in [0.1, 0.15) is 5.75 Å². The molecule has 0 saturated carbocycles. The van der Waals surface area contributed by atoms with Gasteiger partial charge in [-0.3, -0.25) is 9.67 Å². The Morgan fingerprint density at radius 3 is 2.54 bits per heavy atom. The summed E-state index contributed by atoms with van der Waals surface area (Å²) in [4.78, 5) is 6.54. The second kappa shape index (κ2) is 9.48. The maximum absolute atomic E-state index is 5.98. The molecular weight excluding hydrogens is 419 g/mol. The van der Waals surface area contributed by atoms with Gasteiger partial charge >= 0.3 is 0 Å². The lowest BCUT2D eigenvalue weighted by atomic mass is 10.1. The van der Waals surface area contributed by atoms with Gasteiger partial charge in [-0.1, -0.05) is 0 Å². The minimum atomic E-state index is 0. The van der Waals surface area contributed by atoms with E-state index in [4.69, 9.17) is 10.5 Å². The topological polar surface area (TPSA) is 80.7 Å². The summed E-state index contributed by atoms with van der Waals surface area (Å²) in [5, 5.41) is 7.29. The number of ether oxygens (including phenoxy) is 1. The Bertz CT molecular complexity index is 653. The first kappa shape index (κ1) is 20.2. The average molecular weight is 444 g/mol. The van der Waals surface area contributed by atoms with Gasteiger partial charge in [0.05, 0.1) is 25.9 Å². The molecule has 0 saturated heterocycles. The molecular formula is C16H25IN6O. The summed E-state index contributed by atoms with van der Waals surface area (Å²) in [5.74, 6) is 1.18. The molecule has 0 fully saturated rings. The van der Waals surface area contributed by atoms with Crippen LogP contribution in [0, 0.1) is 0 Å². The summed E-state index contributed by atoms with van der Waals surface area (Å²) in [5.41, 5.74) is 7.96. The van der Waals surface area contributed by atoms with Crippen LogP contribution >= 0.6 is 24.0 Å². The van der Waals surface area contributed by atoms with Gasteiger partial charge in [-0.25, -0.2) is 0 Å². The summed E-state index contributed by atoms with van der Waals surface area (Å²) in [6, 6.07) is 7.65. The van der Waals surface area contributed by atoms with E-state index in [1.54, 1.807) is 11.8 Å². The van der Waals surface area contributed by atoms with Crippen molar-refractivity contribution in [1.29, 1.82) is 0 Å². The molecule has 0 aliphatic carbocycles. The van der Waals surface area contributed by atoms with Crippen molar-refractivity contribution >= 4 is 35.6 Å². The highest BCUT2D eigenvalue weighted by atomic mass is 127. The number of likely N-dealkylation sites (N-methyl/N-ethyl adjacent to an activating group) is 1. The second-order valence-corrected chi connectivity index (χ2v) is 5.51. The smallest absolute Gasteiger partial charge is 0.193 e. The van der Waals surface area contributed by atoms with E-state index in [9.17, 15) is 0 Å². The first-order valence-corrected chi connectivity index (χ1v) is 7.35. The fraction of sp³-hybridized carbons (Fsp3) is 0.375. The Hall–Kier alpha value is -1.81. The number of aliphatic imine (C=N–C) groups is 1. The number of benzene rings is 1. The van der Waals surface area contributed by atoms with Crippen LogP contribution in [0.4, 0.5) is 5.69 Å². The van der Waals surface area contributed by atoms with Crippen LogP contribution in [0.3, 0.4) is 0 Å². The van der Waals surface area contributed by atoms with Crippen molar-refractivity contribution in [2.45, 2.75) is 6.04 Å². The Morgan fingerprint density at radius 2 is 2.04 bits per heavy atom. The van der Waals surface area contributed by atoms with Crippen molar-refractivity contribution in [2.75, 3.05) is 33.1 Å². The molecule has 1 aromatic carbocycles. The number of nitrogens with two attached hydrogens (primary N) is 1. The number of aryl methyl sites for hydroxylation is 1. The molecule has 24 heavy (non-hydrogen) atoms. The maximum atomic E-state index is 5.98. The van der Waals surface area contributed by atoms with Crippen LogP contribution in [-0.2, 0) is 7.05 Å². The number of guanidine groups is 1. The van der Waals surface area contributed by atoms with E-state index in [0.29, 0.717) is 12.5 Å². The highest BCUT2D eigenvalue weighted by Gasteiger charge is 2.15. The lowest BCUT2D eigenvalue weighted by Gasteiger charge is -2.21. The van der Waals surface area contributed by atoms with Gasteiger partial charge in [0.15, 0.2) is 5.96 Å². The standard InChI is InChI=1S/C16H24N6O.HI/c1-21(2)15(12-9-19-22(3)11-12)10-18-16(17)20-13-5-7-14(23-4)8-6-13;/h5-9,11,15H,10H2,1-4H3,(H3,17,18,20);1H. The van der Waals surface area contributed by atoms with Crippen LogP contribution in [0.1, 0.15) is 11.6 Å². The predicted octanol–water partition coefficient (Wildman–Crippen LogP) is 2.08. The largest absolute Gasteiger partial charge is 0.497 e. The third-order valence-corrected chi connectivity index (χ3v) is 3.53. The van der Waals surface area contributed by atoms with Gasteiger partial charge in [0.2, 0.25) is 0 Å². The molecule has 0 radical (unpaired) electrons. The van der Waals surface area contributed by atoms with E-state index in [-0.39, 0.29) is 30.0 Å². The van der Waals surface area contributed by atoms with Crippen molar-refractivity contribution in [1.82, 2.24) is 14.7 Å². The lowest BCUT2D eigenvalue weighted by molar-refractivity contribution is 0.306. The molecule has 2 aromatic rings. The van der Waals surface area contributed by atoms with Gasteiger partial charge < -0.3 is 20.7 Å². The van der Waals surface area contributed by atoms with Crippen LogP contribution in [0.5, 0.6) is 5.75 Å². The number of aromatic nitrogens is 2. The minimum absolute atomic E-state index is 0. The molecule has 7 nitrogen and oxygen atoms in total. The van der Waals surface area contributed by atoms with Crippen molar-refractivity contribution in [3.63, 3.8) is 0 Å². The number of anilines is 1. The summed E-state index contributed by atoms with van der Waals surface area (Å²) < 4.78 is 6.91. The summed E-state index contributed by atoms with van der Waals surface area (Å²) in [6.07, 6.45) is 3.85. The third-order valence-electron chi connectivity index (χ3n) is 3.53. The minimum Gasteiger partial charge on any atom is -0.497 e. The maximum Gasteiger partial charge on any atom is 0.193 e. The SMILES string of the molecule is COc1ccc(NC(N)=NCC(c2cnn(C)c2)N(C)C)cc1.I. The van der Waals surface area contributed by atoms with E-state index in [0.717, 1.165) is 17.0 Å². The number of nitrogens with one attached hydrogen (secondary N) is 1. The van der Waals surface area contributed by atoms with Gasteiger partial charge in [-0.15, -0.1) is 24.0 Å². The van der Waals surface area contributed by atoms with Crippen LogP contribution in [0.2, 0.25) is 0 Å². The highest BCUT2D eigenvalue weighted by Crippen LogP contribution is 2.18. The van der Waals surface area contributed by atoms with Gasteiger partial charge in [-0.05, 0) is 38.4 Å². The predicted molar refractivity (Wildman–Crippen MR) is 108 cm³/mol. The molecule has 8 heteroatoms. The molecule has 0 bridgehead atoms. The van der Waals surface area contributed by atoms with E-state index in [1.807, 2.05) is 57.8 Å². The normalized spacial score (nSPS) is 12.6. The van der Waals surface area contributed by atoms with Crippen LogP contribution in [0.25, 0.3) is 0 Å². The fourth-order valence-corrected chi connectivity index (χ4v) is 2.23. The van der Waals surface area contributed by atoms with Crippen molar-refractivity contribution < 1.29 is 4.74 Å². The van der Waals surface area contributed by atoms with Crippen LogP contribution in [-0.4, -0.2) is 48.4 Å². The summed E-state index contributed by atoms with van der Waals surface area (Å²) in [6.45, 7) is 0.549. The zero-order chi connectivity index (χ0) is 16.8. The Morgan fingerprint density at radius 1 is 1.38 bits per heavy atom. The zero-order valence-corrected chi connectivity index (χ0v) is 16.8. The van der Waals surface area contributed by atoms with Gasteiger partial charge in [0.25, 0.3) is 0 Å². The quantitative estimate of drug-likeness (QED) is 0.405. The first-order valence-electron chi connectivity index (χ1n) is 7.35. The van der Waals surface area contributed by atoms with Gasteiger partial charge in [-0.2, -0.15) is 5.10 Å². The van der Waals surface area contributed by atoms with Crippen molar-refractivity contribution in [3.8, 4) is 5.75 Å². The summed E-state index contributed by atoms with van der Waals surface area (Å²) >= 11 is 0. The Labute approximate surface area is 159 Å². The Balaban J connectivity index is 0.00000288. The zero-order valence-electron chi connectivity index (χ0n) is 14.4. The molecule has 0 spiro atoms. The number of nitrogens with zero attached hydrogens (tertiary/aromatic N) is 4. The molecule has 0 amide bonds. The molecule has 132 valence electrons. The molecule has 1 atom stereocenters. The molecule has 0 aliphatic heterocycles. The van der Waals surface area contributed by atoms with Crippen molar-refractivity contribution in [2.24, 2.45) is 17.8 Å². The van der Waals surface area contributed by atoms with Gasteiger partial charge in [0, 0.05) is 24.5 Å². The number of halogens is 1. The van der Waals surface area contributed by atoms with Crippen molar-refractivity contribution in [3.05, 3.63) is 42.2 Å².